The van der Waals surface area contributed by atoms with E-state index in [-0.39, 0.29) is 11.8 Å². The number of rotatable bonds is 6. The predicted molar refractivity (Wildman–Crippen MR) is 133 cm³/mol. The van der Waals surface area contributed by atoms with Crippen LogP contribution >= 0.6 is 11.6 Å². The Morgan fingerprint density at radius 1 is 1.09 bits per heavy atom. The van der Waals surface area contributed by atoms with Crippen molar-refractivity contribution in [2.75, 3.05) is 6.54 Å². The fourth-order valence-corrected chi connectivity index (χ4v) is 5.37. The Morgan fingerprint density at radius 3 is 2.68 bits per heavy atom. The van der Waals surface area contributed by atoms with Gasteiger partial charge in [0.1, 0.15) is 0 Å². The number of nitrogens with one attached hydrogen (secondary N) is 1. The monoisotopic (exact) mass is 477 g/mol. The summed E-state index contributed by atoms with van der Waals surface area (Å²) in [7, 11) is 0. The number of halogens is 1. The second-order valence-corrected chi connectivity index (χ2v) is 9.78. The Hall–Kier alpha value is -3.25. The van der Waals surface area contributed by atoms with Crippen molar-refractivity contribution < 1.29 is 14.7 Å². The van der Waals surface area contributed by atoms with Crippen molar-refractivity contribution in [3.05, 3.63) is 76.6 Å². The number of nitrogens with zero attached hydrogens (tertiary/aromatic N) is 2. The van der Waals surface area contributed by atoms with E-state index in [9.17, 15) is 14.7 Å². The molecule has 34 heavy (non-hydrogen) atoms. The molecule has 1 fully saturated rings. The number of amides is 1. The first-order valence-corrected chi connectivity index (χ1v) is 12.2. The molecule has 2 aromatic carbocycles. The van der Waals surface area contributed by atoms with Crippen LogP contribution in [0.3, 0.4) is 0 Å². The molecule has 1 saturated carbocycles. The third kappa shape index (κ3) is 4.68. The third-order valence-corrected chi connectivity index (χ3v) is 7.26. The molecule has 0 spiro atoms. The maximum absolute atomic E-state index is 13.2. The van der Waals surface area contributed by atoms with Gasteiger partial charge in [0.2, 0.25) is 0 Å². The highest BCUT2D eigenvalue weighted by Crippen LogP contribution is 2.30. The summed E-state index contributed by atoms with van der Waals surface area (Å²) in [4.78, 5) is 26.6. The molecule has 3 aromatic rings. The molecule has 1 aromatic heterocycles. The van der Waals surface area contributed by atoms with Crippen LogP contribution in [0.4, 0.5) is 0 Å². The summed E-state index contributed by atoms with van der Waals surface area (Å²) >= 11 is 6.35. The summed E-state index contributed by atoms with van der Waals surface area (Å²) in [6.45, 7) is 1.97. The summed E-state index contributed by atoms with van der Waals surface area (Å²) in [5.74, 6) is -0.804. The van der Waals surface area contributed by atoms with Gasteiger partial charge in [0.05, 0.1) is 23.7 Å². The van der Waals surface area contributed by atoms with E-state index in [4.69, 9.17) is 11.6 Å². The average molecular weight is 478 g/mol. The van der Waals surface area contributed by atoms with Gasteiger partial charge >= 0.3 is 5.97 Å². The first-order valence-electron chi connectivity index (χ1n) is 11.8. The third-order valence-electron chi connectivity index (χ3n) is 7.04. The van der Waals surface area contributed by atoms with E-state index in [1.807, 2.05) is 24.4 Å². The van der Waals surface area contributed by atoms with Crippen LogP contribution in [0.1, 0.15) is 47.2 Å². The number of carbonyl (C=O) groups is 2. The summed E-state index contributed by atoms with van der Waals surface area (Å²) in [5.41, 5.74) is 3.94. The van der Waals surface area contributed by atoms with Gasteiger partial charge in [0.15, 0.2) is 0 Å². The lowest BCUT2D eigenvalue weighted by atomic mass is 9.82. The number of carboxylic acid groups (broad SMARTS) is 1. The van der Waals surface area contributed by atoms with E-state index in [0.717, 1.165) is 30.3 Å². The topological polar surface area (TPSA) is 74.6 Å². The van der Waals surface area contributed by atoms with Gasteiger partial charge in [0.25, 0.3) is 5.91 Å². The van der Waals surface area contributed by atoms with E-state index in [0.29, 0.717) is 42.6 Å². The zero-order valence-electron chi connectivity index (χ0n) is 18.9. The average Bonchev–Trinajstić information content (AvgIpc) is 3.24. The van der Waals surface area contributed by atoms with Crippen LogP contribution in [-0.4, -0.2) is 33.0 Å². The van der Waals surface area contributed by atoms with Gasteiger partial charge in [-0.05, 0) is 67.0 Å². The molecule has 0 bridgehead atoms. The molecule has 0 atom stereocenters. The van der Waals surface area contributed by atoms with Gasteiger partial charge in [-0.25, -0.2) is 0 Å². The minimum atomic E-state index is -0.711. The van der Waals surface area contributed by atoms with Gasteiger partial charge in [-0.1, -0.05) is 35.9 Å². The zero-order valence-corrected chi connectivity index (χ0v) is 19.7. The Kier molecular flexibility index (Phi) is 6.33. The molecule has 6 nitrogen and oxygen atoms in total. The molecule has 1 aliphatic carbocycles. The van der Waals surface area contributed by atoms with E-state index in [1.165, 1.54) is 11.1 Å². The SMILES string of the molecule is O=C(NCC1CCC(C(=O)O)CC1)c1cc(Cl)cc2ccn(CN3C=Cc4ccccc4C3)c12. The van der Waals surface area contributed by atoms with Gasteiger partial charge in [-0.15, -0.1) is 0 Å². The van der Waals surface area contributed by atoms with Crippen molar-refractivity contribution in [2.45, 2.75) is 38.9 Å². The quantitative estimate of drug-likeness (QED) is 0.501. The van der Waals surface area contributed by atoms with Crippen LogP contribution in [0.25, 0.3) is 17.0 Å². The molecule has 1 amide bonds. The number of carboxylic acids is 1. The number of carbonyl (C=O) groups excluding carboxylic acids is 1. The number of hydrogen-bond acceptors (Lipinski definition) is 3. The number of fused-ring (bicyclic) bond motifs is 2. The molecular formula is C27H28ClN3O3. The molecule has 0 saturated heterocycles. The van der Waals surface area contributed by atoms with Crippen LogP contribution in [-0.2, 0) is 18.0 Å². The molecule has 2 aliphatic rings. The lowest BCUT2D eigenvalue weighted by Crippen LogP contribution is -2.32. The summed E-state index contributed by atoms with van der Waals surface area (Å²) < 4.78 is 2.09. The zero-order chi connectivity index (χ0) is 23.7. The maximum atomic E-state index is 13.2. The van der Waals surface area contributed by atoms with Crippen molar-refractivity contribution in [3.63, 3.8) is 0 Å². The van der Waals surface area contributed by atoms with E-state index < -0.39 is 5.97 Å². The highest BCUT2D eigenvalue weighted by atomic mass is 35.5. The van der Waals surface area contributed by atoms with Gasteiger partial charge < -0.3 is 19.9 Å². The highest BCUT2D eigenvalue weighted by Gasteiger charge is 2.26. The largest absolute Gasteiger partial charge is 0.481 e. The Bertz CT molecular complexity index is 1260. The minimum absolute atomic E-state index is 0.146. The molecule has 5 rings (SSSR count). The lowest BCUT2D eigenvalue weighted by Gasteiger charge is -2.27. The van der Waals surface area contributed by atoms with Crippen molar-refractivity contribution in [2.24, 2.45) is 11.8 Å². The molecule has 2 N–H and O–H groups in total. The van der Waals surface area contributed by atoms with Crippen LogP contribution in [0, 0.1) is 11.8 Å². The first kappa shape index (κ1) is 22.5. The first-order chi connectivity index (χ1) is 16.5. The Balaban J connectivity index is 1.31. The van der Waals surface area contributed by atoms with E-state index >= 15 is 0 Å². The van der Waals surface area contributed by atoms with E-state index in [1.54, 1.807) is 6.07 Å². The second-order valence-electron chi connectivity index (χ2n) is 9.35. The summed E-state index contributed by atoms with van der Waals surface area (Å²) in [6.07, 6.45) is 9.20. The van der Waals surface area contributed by atoms with Crippen LogP contribution in [0.15, 0.2) is 54.9 Å². The number of hydrogen-bond donors (Lipinski definition) is 2. The Labute approximate surface area is 203 Å². The lowest BCUT2D eigenvalue weighted by molar-refractivity contribution is -0.143. The van der Waals surface area contributed by atoms with Gasteiger partial charge in [-0.2, -0.15) is 0 Å². The molecule has 0 unspecified atom stereocenters. The van der Waals surface area contributed by atoms with Gasteiger partial charge in [-0.3, -0.25) is 9.59 Å². The number of aliphatic carboxylic acids is 1. The maximum Gasteiger partial charge on any atom is 0.306 e. The van der Waals surface area contributed by atoms with Crippen LogP contribution in [0.5, 0.6) is 0 Å². The standard InChI is InChI=1S/C27H28ClN3O3/c28-23-13-21-10-12-31(17-30-11-9-19-3-1-2-4-22(19)16-30)25(21)24(14-23)26(32)29-15-18-5-7-20(8-6-18)27(33)34/h1-4,9-14,18,20H,5-8,15-17H2,(H,29,32)(H,33,34). The van der Waals surface area contributed by atoms with Crippen LogP contribution < -0.4 is 5.32 Å². The predicted octanol–water partition coefficient (Wildman–Crippen LogP) is 5.36. The minimum Gasteiger partial charge on any atom is -0.481 e. The van der Waals surface area contributed by atoms with Crippen molar-refractivity contribution in [1.29, 1.82) is 0 Å². The van der Waals surface area contributed by atoms with Crippen LogP contribution in [0.2, 0.25) is 5.02 Å². The summed E-state index contributed by atoms with van der Waals surface area (Å²) in [5, 5.41) is 13.7. The fraction of sp³-hybridized carbons (Fsp3) is 0.333. The second kappa shape index (κ2) is 9.55. The Morgan fingerprint density at radius 2 is 1.88 bits per heavy atom. The molecule has 176 valence electrons. The molecular weight excluding hydrogens is 450 g/mol. The summed E-state index contributed by atoms with van der Waals surface area (Å²) in [6, 6.07) is 14.0. The number of aromatic nitrogens is 1. The molecule has 1 aliphatic heterocycles. The molecule has 2 heterocycles. The normalized spacial score (nSPS) is 19.7. The van der Waals surface area contributed by atoms with Crippen molar-refractivity contribution >= 4 is 40.5 Å². The number of benzene rings is 2. The smallest absolute Gasteiger partial charge is 0.306 e. The van der Waals surface area contributed by atoms with Crippen molar-refractivity contribution in [1.82, 2.24) is 14.8 Å². The highest BCUT2D eigenvalue weighted by molar-refractivity contribution is 6.32. The van der Waals surface area contributed by atoms with Crippen molar-refractivity contribution in [3.8, 4) is 0 Å². The molecule has 7 heteroatoms. The van der Waals surface area contributed by atoms with E-state index in [2.05, 4.69) is 45.3 Å². The fourth-order valence-electron chi connectivity index (χ4n) is 5.14. The van der Waals surface area contributed by atoms with Gasteiger partial charge in [0, 0.05) is 35.9 Å². The molecule has 0 radical (unpaired) electrons.